The molecule has 0 atom stereocenters. The van der Waals surface area contributed by atoms with Gasteiger partial charge in [0.15, 0.2) is 0 Å². The lowest BCUT2D eigenvalue weighted by atomic mass is 10.2. The summed E-state index contributed by atoms with van der Waals surface area (Å²) in [7, 11) is 0. The molecule has 0 spiro atoms. The maximum absolute atomic E-state index is 6.08. The number of nitrogens with one attached hydrogen (secondary N) is 2. The molecule has 2 aromatic rings. The molecule has 5 heteroatoms. The number of anilines is 3. The fourth-order valence-corrected chi connectivity index (χ4v) is 2.21. The topological polar surface area (TPSA) is 49.8 Å². The van der Waals surface area contributed by atoms with Gasteiger partial charge in [0.2, 0.25) is 0 Å². The van der Waals surface area contributed by atoms with Crippen molar-refractivity contribution < 1.29 is 0 Å². The second-order valence-corrected chi connectivity index (χ2v) is 5.37. The van der Waals surface area contributed by atoms with Gasteiger partial charge in [-0.2, -0.15) is 0 Å². The first-order chi connectivity index (χ1) is 10.0. The van der Waals surface area contributed by atoms with Crippen molar-refractivity contribution in [2.75, 3.05) is 17.2 Å². The van der Waals surface area contributed by atoms with Crippen molar-refractivity contribution in [1.82, 2.24) is 9.97 Å². The average Bonchev–Trinajstić information content (AvgIpc) is 2.47. The Bertz CT molecular complexity index is 640. The zero-order chi connectivity index (χ0) is 15.4. The lowest BCUT2D eigenvalue weighted by molar-refractivity contribution is 0.929. The van der Waals surface area contributed by atoms with Gasteiger partial charge in [-0.1, -0.05) is 24.6 Å². The molecule has 0 fully saturated rings. The van der Waals surface area contributed by atoms with Crippen LogP contribution in [0.4, 0.5) is 17.3 Å². The highest BCUT2D eigenvalue weighted by Crippen LogP contribution is 2.27. The SMILES string of the molecule is CCNc1nc(CC)nc(Nc2cc(Cl)ccc2C)c1C. The number of aromatic nitrogens is 2. The Kier molecular flexibility index (Phi) is 5.02. The molecular formula is C16H21ClN4. The van der Waals surface area contributed by atoms with E-state index in [4.69, 9.17) is 11.6 Å². The summed E-state index contributed by atoms with van der Waals surface area (Å²) in [6.07, 6.45) is 0.794. The van der Waals surface area contributed by atoms with Crippen molar-refractivity contribution in [2.24, 2.45) is 0 Å². The van der Waals surface area contributed by atoms with Crippen molar-refractivity contribution >= 4 is 28.9 Å². The van der Waals surface area contributed by atoms with E-state index in [1.54, 1.807) is 0 Å². The molecule has 0 unspecified atom stereocenters. The molecular weight excluding hydrogens is 284 g/mol. The summed E-state index contributed by atoms with van der Waals surface area (Å²) in [5.74, 6) is 2.52. The van der Waals surface area contributed by atoms with Gasteiger partial charge in [0.1, 0.15) is 17.5 Å². The second-order valence-electron chi connectivity index (χ2n) is 4.93. The molecule has 1 aromatic carbocycles. The van der Waals surface area contributed by atoms with Crippen LogP contribution in [-0.2, 0) is 6.42 Å². The Labute approximate surface area is 131 Å². The molecule has 21 heavy (non-hydrogen) atoms. The molecule has 4 nitrogen and oxygen atoms in total. The van der Waals surface area contributed by atoms with Crippen molar-refractivity contribution in [3.8, 4) is 0 Å². The van der Waals surface area contributed by atoms with E-state index in [0.29, 0.717) is 5.02 Å². The molecule has 1 heterocycles. The summed E-state index contributed by atoms with van der Waals surface area (Å²) in [5.41, 5.74) is 3.10. The van der Waals surface area contributed by atoms with Crippen LogP contribution in [-0.4, -0.2) is 16.5 Å². The minimum Gasteiger partial charge on any atom is -0.370 e. The van der Waals surface area contributed by atoms with Crippen LogP contribution in [0.1, 0.15) is 30.8 Å². The summed E-state index contributed by atoms with van der Waals surface area (Å²) in [6.45, 7) is 8.99. The van der Waals surface area contributed by atoms with Crippen LogP contribution in [0.15, 0.2) is 18.2 Å². The zero-order valence-corrected chi connectivity index (χ0v) is 13.7. The van der Waals surface area contributed by atoms with Crippen LogP contribution in [0.3, 0.4) is 0 Å². The number of aryl methyl sites for hydroxylation is 2. The van der Waals surface area contributed by atoms with Gasteiger partial charge in [-0.15, -0.1) is 0 Å². The van der Waals surface area contributed by atoms with E-state index in [2.05, 4.69) is 34.4 Å². The normalized spacial score (nSPS) is 10.5. The first-order valence-electron chi connectivity index (χ1n) is 7.19. The first-order valence-corrected chi connectivity index (χ1v) is 7.57. The van der Waals surface area contributed by atoms with Crippen LogP contribution in [0.25, 0.3) is 0 Å². The smallest absolute Gasteiger partial charge is 0.139 e. The summed E-state index contributed by atoms with van der Waals surface area (Å²) >= 11 is 6.08. The molecule has 0 aliphatic rings. The third-order valence-corrected chi connectivity index (χ3v) is 3.54. The predicted octanol–water partition coefficient (Wildman–Crippen LogP) is 4.48. The predicted molar refractivity (Wildman–Crippen MR) is 89.8 cm³/mol. The molecule has 0 aliphatic carbocycles. The lowest BCUT2D eigenvalue weighted by Crippen LogP contribution is -2.09. The number of benzene rings is 1. The number of rotatable bonds is 5. The Morgan fingerprint density at radius 3 is 2.48 bits per heavy atom. The van der Waals surface area contributed by atoms with E-state index in [0.717, 1.165) is 47.2 Å². The van der Waals surface area contributed by atoms with Crippen molar-refractivity contribution in [1.29, 1.82) is 0 Å². The molecule has 0 amide bonds. The minimum atomic E-state index is 0.706. The number of hydrogen-bond acceptors (Lipinski definition) is 4. The molecule has 2 N–H and O–H groups in total. The van der Waals surface area contributed by atoms with E-state index in [9.17, 15) is 0 Å². The van der Waals surface area contributed by atoms with Crippen molar-refractivity contribution in [2.45, 2.75) is 34.1 Å². The highest BCUT2D eigenvalue weighted by Gasteiger charge is 2.11. The molecule has 112 valence electrons. The number of nitrogens with zero attached hydrogens (tertiary/aromatic N) is 2. The van der Waals surface area contributed by atoms with Gasteiger partial charge in [0.25, 0.3) is 0 Å². The summed E-state index contributed by atoms with van der Waals surface area (Å²) < 4.78 is 0. The van der Waals surface area contributed by atoms with E-state index in [1.165, 1.54) is 0 Å². The van der Waals surface area contributed by atoms with Gasteiger partial charge in [0, 0.05) is 29.2 Å². The molecule has 0 bridgehead atoms. The molecule has 2 rings (SSSR count). The second kappa shape index (κ2) is 6.76. The fraction of sp³-hybridized carbons (Fsp3) is 0.375. The van der Waals surface area contributed by atoms with E-state index in [1.807, 2.05) is 32.0 Å². The third kappa shape index (κ3) is 3.64. The van der Waals surface area contributed by atoms with Crippen LogP contribution in [0.5, 0.6) is 0 Å². The lowest BCUT2D eigenvalue weighted by Gasteiger charge is -2.15. The fourth-order valence-electron chi connectivity index (χ4n) is 2.04. The standard InChI is InChI=1S/C16H21ClN4/c1-5-14-20-15(18-6-2)11(4)16(21-14)19-13-9-12(17)8-7-10(13)3/h7-9H,5-6H2,1-4H3,(H2,18,19,20,21). The summed E-state index contributed by atoms with van der Waals surface area (Å²) in [6, 6.07) is 5.79. The van der Waals surface area contributed by atoms with Gasteiger partial charge in [-0.05, 0) is 38.5 Å². The van der Waals surface area contributed by atoms with E-state index < -0.39 is 0 Å². The zero-order valence-electron chi connectivity index (χ0n) is 12.9. The highest BCUT2D eigenvalue weighted by atomic mass is 35.5. The minimum absolute atomic E-state index is 0.706. The van der Waals surface area contributed by atoms with Crippen molar-refractivity contribution in [3.05, 3.63) is 40.2 Å². The van der Waals surface area contributed by atoms with Crippen LogP contribution < -0.4 is 10.6 Å². The van der Waals surface area contributed by atoms with Gasteiger partial charge in [-0.3, -0.25) is 0 Å². The Morgan fingerprint density at radius 2 is 1.81 bits per heavy atom. The Morgan fingerprint density at radius 1 is 1.10 bits per heavy atom. The van der Waals surface area contributed by atoms with Gasteiger partial charge in [-0.25, -0.2) is 9.97 Å². The molecule has 0 saturated heterocycles. The van der Waals surface area contributed by atoms with Gasteiger partial charge >= 0.3 is 0 Å². The van der Waals surface area contributed by atoms with Crippen LogP contribution in [0, 0.1) is 13.8 Å². The maximum Gasteiger partial charge on any atom is 0.139 e. The van der Waals surface area contributed by atoms with E-state index in [-0.39, 0.29) is 0 Å². The maximum atomic E-state index is 6.08. The average molecular weight is 305 g/mol. The molecule has 0 aliphatic heterocycles. The monoisotopic (exact) mass is 304 g/mol. The van der Waals surface area contributed by atoms with Crippen molar-refractivity contribution in [3.63, 3.8) is 0 Å². The van der Waals surface area contributed by atoms with Gasteiger partial charge in [0.05, 0.1) is 0 Å². The first kappa shape index (κ1) is 15.6. The number of hydrogen-bond donors (Lipinski definition) is 2. The molecule has 0 saturated carbocycles. The largest absolute Gasteiger partial charge is 0.370 e. The quantitative estimate of drug-likeness (QED) is 0.855. The van der Waals surface area contributed by atoms with Crippen LogP contribution >= 0.6 is 11.6 Å². The third-order valence-electron chi connectivity index (χ3n) is 3.31. The van der Waals surface area contributed by atoms with Crippen LogP contribution in [0.2, 0.25) is 5.02 Å². The number of halogens is 1. The molecule has 0 radical (unpaired) electrons. The Hall–Kier alpha value is -1.81. The van der Waals surface area contributed by atoms with E-state index >= 15 is 0 Å². The molecule has 1 aromatic heterocycles. The summed E-state index contributed by atoms with van der Waals surface area (Å²) in [5, 5.41) is 7.37. The highest BCUT2D eigenvalue weighted by molar-refractivity contribution is 6.30. The van der Waals surface area contributed by atoms with Gasteiger partial charge < -0.3 is 10.6 Å². The Balaban J connectivity index is 2.43. The summed E-state index contributed by atoms with van der Waals surface area (Å²) in [4.78, 5) is 9.13.